The number of carbonyl (C=O) groups excluding carboxylic acids is 3. The molecule has 0 aliphatic heterocycles. The summed E-state index contributed by atoms with van der Waals surface area (Å²) in [7, 11) is 5.05. The zero-order valence-electron chi connectivity index (χ0n) is 32.5. The second kappa shape index (κ2) is 14.2. The first-order valence-corrected chi connectivity index (χ1v) is 18.4. The Balaban J connectivity index is 1.49. The van der Waals surface area contributed by atoms with Gasteiger partial charge in [-0.3, -0.25) is 9.59 Å². The minimum atomic E-state index is -0.453. The molecular weight excluding hydrogens is 687 g/mol. The van der Waals surface area contributed by atoms with Crippen LogP contribution in [0.2, 0.25) is 0 Å². The molecule has 0 atom stereocenters. The third-order valence-electron chi connectivity index (χ3n) is 9.98. The molecule has 1 aliphatic rings. The summed E-state index contributed by atoms with van der Waals surface area (Å²) in [5.41, 5.74) is 6.22. The molecule has 278 valence electrons. The van der Waals surface area contributed by atoms with Gasteiger partial charge in [-0.15, -0.1) is 0 Å². The van der Waals surface area contributed by atoms with Crippen molar-refractivity contribution in [3.63, 3.8) is 0 Å². The molecule has 0 radical (unpaired) electrons. The van der Waals surface area contributed by atoms with Crippen molar-refractivity contribution in [2.75, 3.05) is 31.4 Å². The highest BCUT2D eigenvalue weighted by Crippen LogP contribution is 2.50. The molecular formula is C47H45N3O5. The second-order valence-electron chi connectivity index (χ2n) is 16.1. The third-order valence-corrected chi connectivity index (χ3v) is 9.98. The number of nitrogens with one attached hydrogen (secondary N) is 1. The van der Waals surface area contributed by atoms with Gasteiger partial charge in [0.1, 0.15) is 17.1 Å². The van der Waals surface area contributed by atoms with E-state index in [0.29, 0.717) is 78.5 Å². The number of ether oxygens (including phenoxy) is 2. The number of fused-ring (bicyclic) bond motifs is 2. The van der Waals surface area contributed by atoms with Crippen molar-refractivity contribution in [2.24, 2.45) is 5.41 Å². The van der Waals surface area contributed by atoms with Crippen molar-refractivity contribution in [3.05, 3.63) is 143 Å². The number of pyridine rings is 1. The van der Waals surface area contributed by atoms with Crippen LogP contribution in [0, 0.1) is 5.41 Å². The monoisotopic (exact) mass is 731 g/mol. The van der Waals surface area contributed by atoms with Gasteiger partial charge in [-0.05, 0) is 64.8 Å². The fourth-order valence-corrected chi connectivity index (χ4v) is 7.88. The molecule has 0 fully saturated rings. The summed E-state index contributed by atoms with van der Waals surface area (Å²) in [6.45, 7) is 11.3. The number of aromatic nitrogens is 1. The quantitative estimate of drug-likeness (QED) is 0.110. The van der Waals surface area contributed by atoms with Gasteiger partial charge in [-0.1, -0.05) is 101 Å². The van der Waals surface area contributed by atoms with E-state index in [1.165, 1.54) is 12.7 Å². The Kier molecular flexibility index (Phi) is 9.55. The van der Waals surface area contributed by atoms with E-state index < -0.39 is 5.97 Å². The molecule has 1 heterocycles. The summed E-state index contributed by atoms with van der Waals surface area (Å²) >= 11 is 0. The van der Waals surface area contributed by atoms with Crippen LogP contribution in [0.1, 0.15) is 88.8 Å². The first kappa shape index (κ1) is 37.1. The van der Waals surface area contributed by atoms with Crippen LogP contribution < -0.4 is 15.0 Å². The van der Waals surface area contributed by atoms with Crippen LogP contribution in [0.3, 0.4) is 0 Å². The Morgan fingerprint density at radius 1 is 0.764 bits per heavy atom. The highest BCUT2D eigenvalue weighted by atomic mass is 16.5. The molecule has 0 saturated carbocycles. The van der Waals surface area contributed by atoms with E-state index >= 15 is 0 Å². The average Bonchev–Trinajstić information content (AvgIpc) is 3.16. The lowest BCUT2D eigenvalue weighted by Crippen LogP contribution is -2.24. The number of methoxy groups -OCH3 is 1. The van der Waals surface area contributed by atoms with Crippen molar-refractivity contribution in [3.8, 4) is 22.6 Å². The normalized spacial score (nSPS) is 12.3. The Labute approximate surface area is 322 Å². The Hall–Kier alpha value is -6.28. The Morgan fingerprint density at radius 3 is 2.02 bits per heavy atom. The zero-order chi connectivity index (χ0) is 39.2. The van der Waals surface area contributed by atoms with Gasteiger partial charge in [0, 0.05) is 47.9 Å². The number of rotatable bonds is 10. The molecule has 0 saturated heterocycles. The van der Waals surface area contributed by atoms with Crippen LogP contribution in [-0.2, 0) is 10.2 Å². The van der Waals surface area contributed by atoms with Gasteiger partial charge in [0.25, 0.3) is 0 Å². The molecule has 1 aliphatic carbocycles. The predicted octanol–water partition coefficient (Wildman–Crippen LogP) is 10.8. The van der Waals surface area contributed by atoms with Crippen LogP contribution in [0.25, 0.3) is 22.0 Å². The van der Waals surface area contributed by atoms with E-state index in [-0.39, 0.29) is 22.4 Å². The minimum Gasteiger partial charge on any atom is -0.465 e. The van der Waals surface area contributed by atoms with Crippen molar-refractivity contribution in [2.45, 2.75) is 46.5 Å². The van der Waals surface area contributed by atoms with Gasteiger partial charge < -0.3 is 19.7 Å². The van der Waals surface area contributed by atoms with E-state index in [1.54, 1.807) is 48.5 Å². The number of anilines is 3. The third kappa shape index (κ3) is 7.08. The average molecular weight is 732 g/mol. The van der Waals surface area contributed by atoms with Crippen LogP contribution >= 0.6 is 0 Å². The van der Waals surface area contributed by atoms with Crippen molar-refractivity contribution in [1.82, 2.24) is 4.98 Å². The molecule has 0 amide bonds. The van der Waals surface area contributed by atoms with Gasteiger partial charge >= 0.3 is 5.97 Å². The van der Waals surface area contributed by atoms with E-state index in [9.17, 15) is 14.4 Å². The molecule has 55 heavy (non-hydrogen) atoms. The predicted molar refractivity (Wildman–Crippen MR) is 219 cm³/mol. The Bertz CT molecular complexity index is 2460. The summed E-state index contributed by atoms with van der Waals surface area (Å²) in [5.74, 6) is 0.582. The van der Waals surface area contributed by atoms with Crippen LogP contribution in [0.5, 0.6) is 11.5 Å². The van der Waals surface area contributed by atoms with Gasteiger partial charge in [0.15, 0.2) is 17.3 Å². The molecule has 1 N–H and O–H groups in total. The van der Waals surface area contributed by atoms with Crippen molar-refractivity contribution >= 4 is 45.6 Å². The molecule has 1 aromatic heterocycles. The molecule has 6 aromatic rings. The fourth-order valence-electron chi connectivity index (χ4n) is 7.88. The summed E-state index contributed by atoms with van der Waals surface area (Å²) in [5, 5.41) is 3.96. The summed E-state index contributed by atoms with van der Waals surface area (Å²) in [4.78, 5) is 48.5. The largest absolute Gasteiger partial charge is 0.465 e. The standard InChI is InChI=1S/C47H45N3O5/c1-46(2,3)27-47(4,5)30-20-24-32(25-21-30)55-36-26-35(48-31-22-18-29(19-23-31)45(53)54-8)38-39-37(33-16-12-13-17-34(33)43(38)52)40(44(50(6)7)49-41(36)39)42(51)28-14-10-9-11-15-28/h9-26,48H,27H2,1-8H3. The number of nitrogens with zero attached hydrogens (tertiary/aromatic N) is 2. The zero-order valence-corrected chi connectivity index (χ0v) is 32.5. The van der Waals surface area contributed by atoms with Gasteiger partial charge in [0.2, 0.25) is 0 Å². The van der Waals surface area contributed by atoms with Crippen LogP contribution in [0.4, 0.5) is 17.2 Å². The smallest absolute Gasteiger partial charge is 0.337 e. The molecule has 0 bridgehead atoms. The number of hydrogen-bond donors (Lipinski definition) is 1. The van der Waals surface area contributed by atoms with E-state index in [0.717, 1.165) is 6.42 Å². The van der Waals surface area contributed by atoms with Gasteiger partial charge in [0.05, 0.1) is 29.5 Å². The van der Waals surface area contributed by atoms with E-state index in [1.807, 2.05) is 67.5 Å². The molecule has 7 rings (SSSR count). The number of hydrogen-bond acceptors (Lipinski definition) is 8. The minimum absolute atomic E-state index is 0.0604. The molecule has 0 unspecified atom stereocenters. The highest BCUT2D eigenvalue weighted by Gasteiger charge is 2.36. The molecule has 0 spiro atoms. The first-order chi connectivity index (χ1) is 26.2. The summed E-state index contributed by atoms with van der Waals surface area (Å²) in [6, 6.07) is 33.2. The summed E-state index contributed by atoms with van der Waals surface area (Å²) in [6.07, 6.45) is 1.00. The second-order valence-corrected chi connectivity index (χ2v) is 16.1. The lowest BCUT2D eigenvalue weighted by molar-refractivity contribution is 0.0600. The molecule has 5 aromatic carbocycles. The van der Waals surface area contributed by atoms with Gasteiger partial charge in [-0.25, -0.2) is 9.78 Å². The number of carbonyl (C=O) groups is 3. The maximum atomic E-state index is 14.7. The lowest BCUT2D eigenvalue weighted by atomic mass is 9.72. The van der Waals surface area contributed by atoms with Crippen LogP contribution in [-0.4, -0.2) is 43.7 Å². The molecule has 8 nitrogen and oxygen atoms in total. The summed E-state index contributed by atoms with van der Waals surface area (Å²) < 4.78 is 11.6. The fraction of sp³-hybridized carbons (Fsp3) is 0.234. The number of ketones is 2. The van der Waals surface area contributed by atoms with E-state index in [2.05, 4.69) is 52.1 Å². The van der Waals surface area contributed by atoms with Gasteiger partial charge in [-0.2, -0.15) is 0 Å². The van der Waals surface area contributed by atoms with Crippen LogP contribution in [0.15, 0.2) is 109 Å². The van der Waals surface area contributed by atoms with E-state index in [4.69, 9.17) is 14.5 Å². The first-order valence-electron chi connectivity index (χ1n) is 18.4. The van der Waals surface area contributed by atoms with Crippen molar-refractivity contribution < 1.29 is 23.9 Å². The van der Waals surface area contributed by atoms with Crippen molar-refractivity contribution in [1.29, 1.82) is 0 Å². The number of benzene rings is 5. The topological polar surface area (TPSA) is 97.8 Å². The SMILES string of the molecule is COC(=O)c1ccc(Nc2cc(Oc3ccc(C(C)(C)CC(C)(C)C)cc3)c3nc(N(C)C)c(C(=O)c4ccccc4)c4c3c2C(=O)c2ccccc2-4)cc1. The molecule has 8 heteroatoms. The highest BCUT2D eigenvalue weighted by molar-refractivity contribution is 6.32. The maximum absolute atomic E-state index is 14.7. The lowest BCUT2D eigenvalue weighted by Gasteiger charge is -2.33. The Morgan fingerprint density at radius 2 is 1.40 bits per heavy atom. The number of esters is 1. The maximum Gasteiger partial charge on any atom is 0.337 e.